The largest absolute Gasteiger partial charge is 0.508 e. The van der Waals surface area contributed by atoms with Crippen LogP contribution < -0.4 is 10.6 Å². The van der Waals surface area contributed by atoms with Gasteiger partial charge in [-0.15, -0.1) is 0 Å². The number of para-hydroxylation sites is 1. The number of aryl methyl sites for hydroxylation is 2. The van der Waals surface area contributed by atoms with Crippen molar-refractivity contribution in [3.63, 3.8) is 0 Å². The zero-order valence-electron chi connectivity index (χ0n) is 24.3. The number of carbonyl (C=O) groups excluding carboxylic acids is 3. The molecule has 0 aliphatic heterocycles. The van der Waals surface area contributed by atoms with Crippen LogP contribution in [0.3, 0.4) is 0 Å². The Bertz CT molecular complexity index is 1130. The number of rotatable bonds is 11. The second-order valence-corrected chi connectivity index (χ2v) is 11.7. The summed E-state index contributed by atoms with van der Waals surface area (Å²) in [6.45, 7) is 12.9. The highest BCUT2D eigenvalue weighted by Gasteiger charge is 2.38. The number of phenols is 1. The second-order valence-electron chi connectivity index (χ2n) is 10.7. The van der Waals surface area contributed by atoms with E-state index < -0.39 is 35.6 Å². The predicted octanol–water partition coefficient (Wildman–Crippen LogP) is 5.96. The van der Waals surface area contributed by atoms with Crippen molar-refractivity contribution in [3.05, 3.63) is 59.2 Å². The topological polar surface area (TPSA) is 108 Å². The number of hydrogen-bond donors (Lipinski definition) is 3. The molecule has 3 unspecified atom stereocenters. The summed E-state index contributed by atoms with van der Waals surface area (Å²) in [4.78, 5) is 42.5. The third-order valence-electron chi connectivity index (χ3n) is 6.36. The van der Waals surface area contributed by atoms with Gasteiger partial charge in [-0.3, -0.25) is 9.59 Å². The number of anilines is 1. The lowest BCUT2D eigenvalue weighted by Crippen LogP contribution is -2.55. The molecule has 3 amide bonds. The smallest absolute Gasteiger partial charge is 0.408 e. The van der Waals surface area contributed by atoms with Crippen LogP contribution in [0.15, 0.2) is 42.5 Å². The lowest BCUT2D eigenvalue weighted by molar-refractivity contribution is -0.143. The zero-order valence-corrected chi connectivity index (χ0v) is 25.1. The zero-order chi connectivity index (χ0) is 29.3. The van der Waals surface area contributed by atoms with Gasteiger partial charge in [0.15, 0.2) is 0 Å². The molecule has 0 saturated heterocycles. The van der Waals surface area contributed by atoms with Crippen LogP contribution in [0.5, 0.6) is 5.75 Å². The summed E-state index contributed by atoms with van der Waals surface area (Å²) < 4.78 is 5.44. The van der Waals surface area contributed by atoms with E-state index in [1.807, 2.05) is 52.1 Å². The van der Waals surface area contributed by atoms with Gasteiger partial charge in [0.05, 0.1) is 0 Å². The van der Waals surface area contributed by atoms with E-state index in [0.29, 0.717) is 29.8 Å². The minimum Gasteiger partial charge on any atom is -0.508 e. The summed E-state index contributed by atoms with van der Waals surface area (Å²) in [5.74, 6) is -0.201. The lowest BCUT2D eigenvalue weighted by Gasteiger charge is -2.38. The number of phenolic OH excluding ortho intramolecular Hbond substituents is 1. The van der Waals surface area contributed by atoms with E-state index in [2.05, 4.69) is 10.6 Å². The van der Waals surface area contributed by atoms with Gasteiger partial charge in [-0.25, -0.2) is 4.79 Å². The van der Waals surface area contributed by atoms with Gasteiger partial charge in [-0.2, -0.15) is 11.8 Å². The second kappa shape index (κ2) is 14.3. The lowest BCUT2D eigenvalue weighted by atomic mass is 9.98. The molecule has 0 saturated carbocycles. The number of nitrogens with one attached hydrogen (secondary N) is 2. The first-order chi connectivity index (χ1) is 18.3. The highest BCUT2D eigenvalue weighted by atomic mass is 32.2. The fourth-order valence-electron chi connectivity index (χ4n) is 4.25. The van der Waals surface area contributed by atoms with Crippen molar-refractivity contribution in [1.29, 1.82) is 0 Å². The van der Waals surface area contributed by atoms with Crippen LogP contribution in [0.1, 0.15) is 70.2 Å². The Labute approximate surface area is 236 Å². The fraction of sp³-hybridized carbons (Fsp3) is 0.500. The SMILES string of the molecule is CCC(C)N(C(=O)C(CCSC)NC(=O)OC(C)(C)C)C(C(=O)Nc1c(C)cccc1C)c1cccc(O)c1. The van der Waals surface area contributed by atoms with Crippen molar-refractivity contribution in [1.82, 2.24) is 10.2 Å². The summed E-state index contributed by atoms with van der Waals surface area (Å²) in [5, 5.41) is 16.1. The van der Waals surface area contributed by atoms with Crippen molar-refractivity contribution < 1.29 is 24.2 Å². The average Bonchev–Trinajstić information content (AvgIpc) is 2.85. The first kappa shape index (κ1) is 32.0. The average molecular weight is 558 g/mol. The summed E-state index contributed by atoms with van der Waals surface area (Å²) >= 11 is 1.56. The molecule has 0 fully saturated rings. The van der Waals surface area contributed by atoms with Gasteiger partial charge < -0.3 is 25.4 Å². The van der Waals surface area contributed by atoms with Crippen LogP contribution in [0.2, 0.25) is 0 Å². The first-order valence-corrected chi connectivity index (χ1v) is 14.6. The predicted molar refractivity (Wildman–Crippen MR) is 158 cm³/mol. The molecule has 0 heterocycles. The number of aromatic hydroxyl groups is 1. The molecule has 2 aromatic rings. The van der Waals surface area contributed by atoms with E-state index in [4.69, 9.17) is 4.74 Å². The van der Waals surface area contributed by atoms with Crippen LogP contribution >= 0.6 is 11.8 Å². The van der Waals surface area contributed by atoms with E-state index >= 15 is 0 Å². The van der Waals surface area contributed by atoms with Crippen molar-refractivity contribution in [3.8, 4) is 5.75 Å². The highest BCUT2D eigenvalue weighted by molar-refractivity contribution is 7.98. The molecule has 0 bridgehead atoms. The summed E-state index contributed by atoms with van der Waals surface area (Å²) in [7, 11) is 0. The Hall–Kier alpha value is -3.20. The molecule has 8 nitrogen and oxygen atoms in total. The number of hydrogen-bond acceptors (Lipinski definition) is 6. The summed E-state index contributed by atoms with van der Waals surface area (Å²) in [5.41, 5.74) is 2.19. The summed E-state index contributed by atoms with van der Waals surface area (Å²) in [6.07, 6.45) is 2.16. The van der Waals surface area contributed by atoms with Gasteiger partial charge in [0.1, 0.15) is 23.4 Å². The Morgan fingerprint density at radius 1 is 1.08 bits per heavy atom. The maximum atomic E-state index is 14.2. The van der Waals surface area contributed by atoms with Crippen LogP contribution in [-0.4, -0.2) is 57.6 Å². The van der Waals surface area contributed by atoms with Crippen molar-refractivity contribution in [2.45, 2.75) is 85.0 Å². The minimum atomic E-state index is -1.06. The van der Waals surface area contributed by atoms with Gasteiger partial charge in [-0.05, 0) is 95.2 Å². The fourth-order valence-corrected chi connectivity index (χ4v) is 4.73. The molecular formula is C30H43N3O5S. The Morgan fingerprint density at radius 3 is 2.23 bits per heavy atom. The normalized spacial score (nSPS) is 13.6. The molecule has 0 aliphatic carbocycles. The van der Waals surface area contributed by atoms with Crippen molar-refractivity contribution in [2.24, 2.45) is 0 Å². The molecule has 39 heavy (non-hydrogen) atoms. The molecule has 0 radical (unpaired) electrons. The molecule has 9 heteroatoms. The molecule has 0 aliphatic rings. The van der Waals surface area contributed by atoms with Crippen molar-refractivity contribution >= 4 is 35.4 Å². The molecular weight excluding hydrogens is 514 g/mol. The highest BCUT2D eigenvalue weighted by Crippen LogP contribution is 2.31. The molecule has 2 rings (SSSR count). The first-order valence-electron chi connectivity index (χ1n) is 13.3. The third-order valence-corrected chi connectivity index (χ3v) is 7.01. The molecule has 3 atom stereocenters. The monoisotopic (exact) mass is 557 g/mol. The van der Waals surface area contributed by atoms with E-state index in [1.54, 1.807) is 44.7 Å². The number of benzene rings is 2. The standard InChI is InChI=1S/C30H43N3O5S/c1-9-21(4)33(28(36)24(16-17-39-8)31-29(37)38-30(5,6)7)26(22-14-11-15-23(34)18-22)27(35)32-25-19(2)12-10-13-20(25)3/h10-15,18,21,24,26,34H,9,16-17H2,1-8H3,(H,31,37)(H,32,35). The number of alkyl carbamates (subject to hydrolysis) is 1. The third kappa shape index (κ3) is 9.20. The van der Waals surface area contributed by atoms with Gasteiger partial charge in [0, 0.05) is 11.7 Å². The number of ether oxygens (including phenoxy) is 1. The number of carbonyl (C=O) groups is 3. The van der Waals surface area contributed by atoms with Crippen LogP contribution in [0.4, 0.5) is 10.5 Å². The van der Waals surface area contributed by atoms with E-state index in [-0.39, 0.29) is 11.8 Å². The van der Waals surface area contributed by atoms with Gasteiger partial charge in [0.2, 0.25) is 5.91 Å². The Morgan fingerprint density at radius 2 is 1.69 bits per heavy atom. The molecule has 214 valence electrons. The van der Waals surface area contributed by atoms with Crippen LogP contribution in [0, 0.1) is 13.8 Å². The Kier molecular flexibility index (Phi) is 11.7. The quantitative estimate of drug-likeness (QED) is 0.315. The number of thioether (sulfide) groups is 1. The minimum absolute atomic E-state index is 0.0141. The molecule has 0 aromatic heterocycles. The van der Waals surface area contributed by atoms with E-state index in [1.165, 1.54) is 17.0 Å². The maximum Gasteiger partial charge on any atom is 0.408 e. The molecule has 0 spiro atoms. The maximum absolute atomic E-state index is 14.2. The van der Waals surface area contributed by atoms with Crippen molar-refractivity contribution in [2.75, 3.05) is 17.3 Å². The van der Waals surface area contributed by atoms with Gasteiger partial charge in [0.25, 0.3) is 5.91 Å². The Balaban J connectivity index is 2.59. The number of amides is 3. The van der Waals surface area contributed by atoms with Gasteiger partial charge in [-0.1, -0.05) is 37.3 Å². The summed E-state index contributed by atoms with van der Waals surface area (Å²) in [6, 6.07) is 9.79. The van der Waals surface area contributed by atoms with E-state index in [9.17, 15) is 19.5 Å². The van der Waals surface area contributed by atoms with Crippen LogP contribution in [-0.2, 0) is 14.3 Å². The van der Waals surface area contributed by atoms with Gasteiger partial charge >= 0.3 is 6.09 Å². The molecule has 3 N–H and O–H groups in total. The molecule has 2 aromatic carbocycles. The number of nitrogens with zero attached hydrogens (tertiary/aromatic N) is 1. The van der Waals surface area contributed by atoms with Crippen LogP contribution in [0.25, 0.3) is 0 Å². The van der Waals surface area contributed by atoms with E-state index in [0.717, 1.165) is 11.1 Å².